The summed E-state index contributed by atoms with van der Waals surface area (Å²) in [7, 11) is 0. The number of nitrogens with one attached hydrogen (secondary N) is 1. The normalized spacial score (nSPS) is 12.9. The summed E-state index contributed by atoms with van der Waals surface area (Å²) in [5.74, 6) is 0.213. The van der Waals surface area contributed by atoms with Crippen LogP contribution >= 0.6 is 11.5 Å². The highest BCUT2D eigenvalue weighted by Crippen LogP contribution is 2.08. The SMILES string of the molecule is Cc1nnsc1C(=O)NCC(N)C(C)C. The first kappa shape index (κ1) is 12.1. The van der Waals surface area contributed by atoms with E-state index in [0.717, 1.165) is 11.5 Å². The van der Waals surface area contributed by atoms with Gasteiger partial charge in [-0.1, -0.05) is 18.3 Å². The minimum absolute atomic E-state index is 0.0184. The van der Waals surface area contributed by atoms with Gasteiger partial charge < -0.3 is 11.1 Å². The Morgan fingerprint density at radius 1 is 1.60 bits per heavy atom. The van der Waals surface area contributed by atoms with Crippen LogP contribution in [-0.2, 0) is 0 Å². The zero-order chi connectivity index (χ0) is 11.4. The molecule has 1 amide bonds. The molecule has 0 aromatic carbocycles. The van der Waals surface area contributed by atoms with E-state index < -0.39 is 0 Å². The van der Waals surface area contributed by atoms with E-state index in [4.69, 9.17) is 5.73 Å². The van der Waals surface area contributed by atoms with E-state index in [9.17, 15) is 4.79 Å². The molecule has 0 radical (unpaired) electrons. The minimum atomic E-state index is -0.140. The van der Waals surface area contributed by atoms with Gasteiger partial charge >= 0.3 is 0 Å². The molecule has 1 unspecified atom stereocenters. The van der Waals surface area contributed by atoms with Gasteiger partial charge in [0.1, 0.15) is 4.88 Å². The maximum absolute atomic E-state index is 11.6. The number of aromatic nitrogens is 2. The molecule has 1 rings (SSSR count). The number of rotatable bonds is 4. The molecule has 1 aromatic heterocycles. The maximum atomic E-state index is 11.6. The molecule has 0 saturated carbocycles. The smallest absolute Gasteiger partial charge is 0.264 e. The number of hydrogen-bond acceptors (Lipinski definition) is 5. The van der Waals surface area contributed by atoms with Gasteiger partial charge in [-0.3, -0.25) is 4.79 Å². The summed E-state index contributed by atoms with van der Waals surface area (Å²) in [6.07, 6.45) is 0. The van der Waals surface area contributed by atoms with E-state index in [1.807, 2.05) is 13.8 Å². The maximum Gasteiger partial charge on any atom is 0.264 e. The Hall–Kier alpha value is -1.01. The highest BCUT2D eigenvalue weighted by atomic mass is 32.1. The summed E-state index contributed by atoms with van der Waals surface area (Å²) < 4.78 is 3.70. The number of aryl methyl sites for hydroxylation is 1. The Kier molecular flexibility index (Phi) is 4.16. The van der Waals surface area contributed by atoms with Crippen LogP contribution < -0.4 is 11.1 Å². The minimum Gasteiger partial charge on any atom is -0.350 e. The Balaban J connectivity index is 2.47. The molecule has 5 nitrogen and oxygen atoms in total. The third-order valence-corrected chi connectivity index (χ3v) is 3.04. The monoisotopic (exact) mass is 228 g/mol. The molecule has 0 aliphatic carbocycles. The topological polar surface area (TPSA) is 80.9 Å². The van der Waals surface area contributed by atoms with Crippen LogP contribution in [0.5, 0.6) is 0 Å². The van der Waals surface area contributed by atoms with Crippen molar-refractivity contribution in [1.29, 1.82) is 0 Å². The zero-order valence-corrected chi connectivity index (χ0v) is 9.97. The van der Waals surface area contributed by atoms with Gasteiger partial charge in [0, 0.05) is 12.6 Å². The van der Waals surface area contributed by atoms with Crippen molar-refractivity contribution in [1.82, 2.24) is 14.9 Å². The highest BCUT2D eigenvalue weighted by molar-refractivity contribution is 7.07. The quantitative estimate of drug-likeness (QED) is 0.789. The van der Waals surface area contributed by atoms with Gasteiger partial charge in [0.25, 0.3) is 5.91 Å². The van der Waals surface area contributed by atoms with E-state index >= 15 is 0 Å². The van der Waals surface area contributed by atoms with Crippen molar-refractivity contribution in [2.75, 3.05) is 6.54 Å². The van der Waals surface area contributed by atoms with E-state index in [0.29, 0.717) is 23.0 Å². The van der Waals surface area contributed by atoms with Crippen molar-refractivity contribution >= 4 is 17.4 Å². The van der Waals surface area contributed by atoms with Gasteiger partial charge in [0.05, 0.1) is 5.69 Å². The van der Waals surface area contributed by atoms with Crippen LogP contribution in [0.15, 0.2) is 0 Å². The van der Waals surface area contributed by atoms with Gasteiger partial charge in [0.15, 0.2) is 0 Å². The second-order valence-electron chi connectivity index (χ2n) is 3.81. The molecule has 0 aliphatic heterocycles. The summed E-state index contributed by atoms with van der Waals surface area (Å²) in [6.45, 7) is 6.29. The molecule has 0 spiro atoms. The molecule has 3 N–H and O–H groups in total. The average Bonchev–Trinajstić information content (AvgIpc) is 2.60. The molecule has 0 fully saturated rings. The second kappa shape index (κ2) is 5.18. The first-order valence-electron chi connectivity index (χ1n) is 4.85. The Labute approximate surface area is 93.2 Å². The predicted molar refractivity (Wildman–Crippen MR) is 59.8 cm³/mol. The van der Waals surface area contributed by atoms with Crippen LogP contribution in [0, 0.1) is 12.8 Å². The lowest BCUT2D eigenvalue weighted by Gasteiger charge is -2.15. The van der Waals surface area contributed by atoms with Crippen molar-refractivity contribution in [3.8, 4) is 0 Å². The highest BCUT2D eigenvalue weighted by Gasteiger charge is 2.14. The van der Waals surface area contributed by atoms with Crippen molar-refractivity contribution in [2.45, 2.75) is 26.8 Å². The van der Waals surface area contributed by atoms with Crippen LogP contribution in [-0.4, -0.2) is 28.1 Å². The first-order valence-corrected chi connectivity index (χ1v) is 5.62. The van der Waals surface area contributed by atoms with Gasteiger partial charge in [0.2, 0.25) is 0 Å². The van der Waals surface area contributed by atoms with Crippen molar-refractivity contribution in [3.63, 3.8) is 0 Å². The van der Waals surface area contributed by atoms with Gasteiger partial charge in [-0.25, -0.2) is 0 Å². The van der Waals surface area contributed by atoms with Crippen molar-refractivity contribution in [3.05, 3.63) is 10.6 Å². The molecule has 1 atom stereocenters. The van der Waals surface area contributed by atoms with E-state index in [1.54, 1.807) is 6.92 Å². The molecule has 15 heavy (non-hydrogen) atoms. The van der Waals surface area contributed by atoms with Gasteiger partial charge in [-0.05, 0) is 24.4 Å². The number of hydrogen-bond donors (Lipinski definition) is 2. The van der Waals surface area contributed by atoms with E-state index in [2.05, 4.69) is 14.9 Å². The summed E-state index contributed by atoms with van der Waals surface area (Å²) >= 11 is 1.10. The number of carbonyl (C=O) groups is 1. The number of amides is 1. The van der Waals surface area contributed by atoms with E-state index in [1.165, 1.54) is 0 Å². The Bertz CT molecular complexity index is 337. The third-order valence-electron chi connectivity index (χ3n) is 2.21. The summed E-state index contributed by atoms with van der Waals surface area (Å²) in [6, 6.07) is -0.0184. The standard InChI is InChI=1S/C9H16N4OS/c1-5(2)7(10)4-11-9(14)8-6(3)12-13-15-8/h5,7H,4,10H2,1-3H3,(H,11,14). The number of nitrogens with two attached hydrogens (primary N) is 1. The van der Waals surface area contributed by atoms with Gasteiger partial charge in [-0.15, -0.1) is 5.10 Å². The lowest BCUT2D eigenvalue weighted by atomic mass is 10.1. The van der Waals surface area contributed by atoms with Crippen molar-refractivity contribution < 1.29 is 4.79 Å². The first-order chi connectivity index (χ1) is 7.02. The fourth-order valence-corrected chi connectivity index (χ4v) is 1.54. The number of nitrogens with zero attached hydrogens (tertiary/aromatic N) is 2. The predicted octanol–water partition coefficient (Wildman–Crippen LogP) is 0.560. The zero-order valence-electron chi connectivity index (χ0n) is 9.15. The molecule has 84 valence electrons. The lowest BCUT2D eigenvalue weighted by molar-refractivity contribution is 0.0952. The summed E-state index contributed by atoms with van der Waals surface area (Å²) in [5, 5.41) is 6.55. The third kappa shape index (κ3) is 3.24. The van der Waals surface area contributed by atoms with E-state index in [-0.39, 0.29) is 11.9 Å². The molecule has 0 bridgehead atoms. The number of carbonyl (C=O) groups excluding carboxylic acids is 1. The van der Waals surface area contributed by atoms with Crippen LogP contribution in [0.2, 0.25) is 0 Å². The largest absolute Gasteiger partial charge is 0.350 e. The van der Waals surface area contributed by atoms with Crippen LogP contribution in [0.4, 0.5) is 0 Å². The molecule has 0 aliphatic rings. The van der Waals surface area contributed by atoms with Crippen LogP contribution in [0.25, 0.3) is 0 Å². The molecule has 1 aromatic rings. The molecular formula is C9H16N4OS. The lowest BCUT2D eigenvalue weighted by Crippen LogP contribution is -2.40. The summed E-state index contributed by atoms with van der Waals surface area (Å²) in [4.78, 5) is 12.2. The Morgan fingerprint density at radius 2 is 2.27 bits per heavy atom. The molecule has 6 heteroatoms. The Morgan fingerprint density at radius 3 is 2.73 bits per heavy atom. The van der Waals surface area contributed by atoms with Crippen LogP contribution in [0.1, 0.15) is 29.2 Å². The summed E-state index contributed by atoms with van der Waals surface area (Å²) in [5.41, 5.74) is 6.48. The second-order valence-corrected chi connectivity index (χ2v) is 4.56. The van der Waals surface area contributed by atoms with Crippen LogP contribution in [0.3, 0.4) is 0 Å². The molecular weight excluding hydrogens is 212 g/mol. The molecule has 1 heterocycles. The average molecular weight is 228 g/mol. The van der Waals surface area contributed by atoms with Crippen molar-refractivity contribution in [2.24, 2.45) is 11.7 Å². The fraction of sp³-hybridized carbons (Fsp3) is 0.667. The molecule has 0 saturated heterocycles. The fourth-order valence-electron chi connectivity index (χ4n) is 0.966. The van der Waals surface area contributed by atoms with Gasteiger partial charge in [-0.2, -0.15) is 0 Å².